The Morgan fingerprint density at radius 2 is 2.00 bits per heavy atom. The van der Waals surface area contributed by atoms with Gasteiger partial charge in [0, 0.05) is 5.56 Å². The zero-order valence-electron chi connectivity index (χ0n) is 14.6. The fraction of sp³-hybridized carbons (Fsp3) is 0.550. The number of Topliss-reactive ketones (excluding diaryl/α,β-unsaturated/α-hetero) is 1. The second-order valence-electron chi connectivity index (χ2n) is 7.70. The van der Waals surface area contributed by atoms with Crippen LogP contribution in [0.1, 0.15) is 60.5 Å². The van der Waals surface area contributed by atoms with Crippen molar-refractivity contribution in [1.82, 2.24) is 10.2 Å². The summed E-state index contributed by atoms with van der Waals surface area (Å²) in [6, 6.07) is 5.34. The van der Waals surface area contributed by atoms with Crippen LogP contribution < -0.4 is 5.32 Å². The predicted molar refractivity (Wildman–Crippen MR) is 93.4 cm³/mol. The summed E-state index contributed by atoms with van der Waals surface area (Å²) in [6.07, 6.45) is 6.81. The number of imide groups is 1. The first-order valence-electron chi connectivity index (χ1n) is 9.30. The van der Waals surface area contributed by atoms with E-state index in [1.165, 1.54) is 11.1 Å². The molecule has 4 rings (SSSR count). The summed E-state index contributed by atoms with van der Waals surface area (Å²) in [5.41, 5.74) is 2.33. The van der Waals surface area contributed by atoms with Crippen molar-refractivity contribution in [2.24, 2.45) is 5.92 Å². The Labute approximate surface area is 147 Å². The van der Waals surface area contributed by atoms with Gasteiger partial charge in [0.1, 0.15) is 5.54 Å². The largest absolute Gasteiger partial charge is 0.325 e. The third kappa shape index (κ3) is 2.57. The van der Waals surface area contributed by atoms with Gasteiger partial charge >= 0.3 is 6.03 Å². The maximum Gasteiger partial charge on any atom is 0.325 e. The van der Waals surface area contributed by atoms with Gasteiger partial charge in [-0.15, -0.1) is 0 Å². The van der Waals surface area contributed by atoms with Crippen molar-refractivity contribution in [2.75, 3.05) is 6.54 Å². The summed E-state index contributed by atoms with van der Waals surface area (Å²) in [4.78, 5) is 39.1. The molecule has 1 saturated carbocycles. The molecule has 2 fully saturated rings. The highest BCUT2D eigenvalue weighted by atomic mass is 16.2. The van der Waals surface area contributed by atoms with E-state index in [0.29, 0.717) is 12.0 Å². The maximum atomic E-state index is 12.9. The SMILES string of the molecule is C[C@@H]1CCCC[C@]12NC(=O)N(CC(=O)c1ccc3c(c1)CCC3)C2=O. The Bertz CT molecular complexity index is 757. The molecule has 1 heterocycles. The molecular weight excluding hydrogens is 316 g/mol. The Morgan fingerprint density at radius 3 is 2.80 bits per heavy atom. The van der Waals surface area contributed by atoms with E-state index in [-0.39, 0.29) is 24.2 Å². The van der Waals surface area contributed by atoms with Gasteiger partial charge in [-0.3, -0.25) is 14.5 Å². The van der Waals surface area contributed by atoms with Crippen LogP contribution in [0.25, 0.3) is 0 Å². The first-order valence-corrected chi connectivity index (χ1v) is 9.30. The lowest BCUT2D eigenvalue weighted by Gasteiger charge is -2.36. The number of urea groups is 1. The minimum absolute atomic E-state index is 0.109. The van der Waals surface area contributed by atoms with Crippen molar-refractivity contribution in [1.29, 1.82) is 0 Å². The molecule has 25 heavy (non-hydrogen) atoms. The van der Waals surface area contributed by atoms with Crippen LogP contribution in [0.15, 0.2) is 18.2 Å². The number of nitrogens with zero attached hydrogens (tertiary/aromatic N) is 1. The molecule has 3 amide bonds. The number of rotatable bonds is 3. The van der Waals surface area contributed by atoms with Gasteiger partial charge in [0.15, 0.2) is 5.78 Å². The molecule has 1 aliphatic heterocycles. The standard InChI is InChI=1S/C20H24N2O3/c1-13-5-2-3-10-20(13)18(24)22(19(25)21-20)12-17(23)16-9-8-14-6-4-7-15(14)11-16/h8-9,11,13H,2-7,10,12H2,1H3,(H,21,25)/t13-,20+/m1/s1. The molecule has 132 valence electrons. The van der Waals surface area contributed by atoms with Crippen molar-refractivity contribution in [2.45, 2.75) is 57.4 Å². The minimum Gasteiger partial charge on any atom is -0.323 e. The van der Waals surface area contributed by atoms with E-state index in [4.69, 9.17) is 0 Å². The number of hydrogen-bond donors (Lipinski definition) is 1. The Kier molecular flexibility index (Phi) is 3.89. The molecule has 0 radical (unpaired) electrons. The van der Waals surface area contributed by atoms with Crippen LogP contribution in [-0.4, -0.2) is 34.7 Å². The molecule has 1 aromatic rings. The molecule has 2 aliphatic carbocycles. The number of benzene rings is 1. The molecular formula is C20H24N2O3. The van der Waals surface area contributed by atoms with Crippen molar-refractivity contribution in [3.8, 4) is 0 Å². The number of carbonyl (C=O) groups is 3. The van der Waals surface area contributed by atoms with Gasteiger partial charge in [0.05, 0.1) is 6.54 Å². The summed E-state index contributed by atoms with van der Waals surface area (Å²) >= 11 is 0. The quantitative estimate of drug-likeness (QED) is 0.680. The lowest BCUT2D eigenvalue weighted by atomic mass is 9.73. The normalized spacial score (nSPS) is 28.4. The van der Waals surface area contributed by atoms with Crippen molar-refractivity contribution in [3.63, 3.8) is 0 Å². The second kappa shape index (κ2) is 5.97. The topological polar surface area (TPSA) is 66.5 Å². The first kappa shape index (κ1) is 16.3. The van der Waals surface area contributed by atoms with Crippen LogP contribution in [0.2, 0.25) is 0 Å². The van der Waals surface area contributed by atoms with Gasteiger partial charge in [-0.05, 0) is 55.2 Å². The number of carbonyl (C=O) groups excluding carboxylic acids is 3. The Hall–Kier alpha value is -2.17. The monoisotopic (exact) mass is 340 g/mol. The van der Waals surface area contributed by atoms with Gasteiger partial charge in [0.2, 0.25) is 0 Å². The maximum absolute atomic E-state index is 12.9. The fourth-order valence-electron chi connectivity index (χ4n) is 4.62. The van der Waals surface area contributed by atoms with Crippen LogP contribution in [-0.2, 0) is 17.6 Å². The molecule has 1 N–H and O–H groups in total. The highest BCUT2D eigenvalue weighted by Gasteiger charge is 2.55. The van der Waals surface area contributed by atoms with Crippen LogP contribution in [0.4, 0.5) is 4.79 Å². The lowest BCUT2D eigenvalue weighted by molar-refractivity contribution is -0.133. The first-order chi connectivity index (χ1) is 12.0. The van der Waals surface area contributed by atoms with Crippen molar-refractivity contribution >= 4 is 17.7 Å². The van der Waals surface area contributed by atoms with E-state index < -0.39 is 11.6 Å². The molecule has 5 heteroatoms. The lowest BCUT2D eigenvalue weighted by Crippen LogP contribution is -2.54. The van der Waals surface area contributed by atoms with Gasteiger partial charge in [-0.1, -0.05) is 31.9 Å². The molecule has 0 aromatic heterocycles. The summed E-state index contributed by atoms with van der Waals surface area (Å²) in [5.74, 6) is -0.282. The molecule has 3 aliphatic rings. The average molecular weight is 340 g/mol. The van der Waals surface area contributed by atoms with E-state index >= 15 is 0 Å². The highest BCUT2D eigenvalue weighted by Crippen LogP contribution is 2.38. The zero-order valence-corrected chi connectivity index (χ0v) is 14.6. The number of nitrogens with one attached hydrogen (secondary N) is 1. The van der Waals surface area contributed by atoms with Crippen molar-refractivity contribution in [3.05, 3.63) is 34.9 Å². The second-order valence-corrected chi connectivity index (χ2v) is 7.70. The Morgan fingerprint density at radius 1 is 1.20 bits per heavy atom. The molecule has 2 atom stereocenters. The van der Waals surface area contributed by atoms with Gasteiger partial charge < -0.3 is 5.32 Å². The summed E-state index contributed by atoms with van der Waals surface area (Å²) < 4.78 is 0. The van der Waals surface area contributed by atoms with E-state index in [1.807, 2.05) is 25.1 Å². The number of hydrogen-bond acceptors (Lipinski definition) is 3. The van der Waals surface area contributed by atoms with E-state index in [2.05, 4.69) is 5.32 Å². The summed E-state index contributed by atoms with van der Waals surface area (Å²) in [7, 11) is 0. The molecule has 1 aromatic carbocycles. The zero-order chi connectivity index (χ0) is 17.6. The minimum atomic E-state index is -0.798. The van der Waals surface area contributed by atoms with Crippen LogP contribution >= 0.6 is 0 Å². The summed E-state index contributed by atoms with van der Waals surface area (Å²) in [5, 5.41) is 2.90. The van der Waals surface area contributed by atoms with Crippen LogP contribution in [0.5, 0.6) is 0 Å². The van der Waals surface area contributed by atoms with Gasteiger partial charge in [0.25, 0.3) is 5.91 Å². The number of ketones is 1. The number of aryl methyl sites for hydroxylation is 2. The average Bonchev–Trinajstić information content (AvgIpc) is 3.16. The fourth-order valence-corrected chi connectivity index (χ4v) is 4.62. The van der Waals surface area contributed by atoms with E-state index in [1.54, 1.807) is 0 Å². The van der Waals surface area contributed by atoms with Crippen molar-refractivity contribution < 1.29 is 14.4 Å². The molecule has 0 bridgehead atoms. The molecule has 1 spiro atoms. The predicted octanol–water partition coefficient (Wildman–Crippen LogP) is 2.86. The Balaban J connectivity index is 1.53. The van der Waals surface area contributed by atoms with Gasteiger partial charge in [-0.25, -0.2) is 4.79 Å². The van der Waals surface area contributed by atoms with Crippen LogP contribution in [0.3, 0.4) is 0 Å². The highest BCUT2D eigenvalue weighted by molar-refractivity contribution is 6.11. The van der Waals surface area contributed by atoms with Gasteiger partial charge in [-0.2, -0.15) is 0 Å². The molecule has 5 nitrogen and oxygen atoms in total. The van der Waals surface area contributed by atoms with E-state index in [9.17, 15) is 14.4 Å². The number of amides is 3. The van der Waals surface area contributed by atoms with E-state index in [0.717, 1.165) is 43.4 Å². The third-order valence-corrected chi connectivity index (χ3v) is 6.22. The smallest absolute Gasteiger partial charge is 0.323 e. The summed E-state index contributed by atoms with van der Waals surface area (Å²) in [6.45, 7) is 1.85. The molecule has 1 saturated heterocycles. The number of fused-ring (bicyclic) bond motifs is 1. The van der Waals surface area contributed by atoms with Crippen LogP contribution in [0, 0.1) is 5.92 Å². The molecule has 0 unspecified atom stereocenters. The third-order valence-electron chi connectivity index (χ3n) is 6.22.